The minimum absolute atomic E-state index is 0.00205. The van der Waals surface area contributed by atoms with Crippen molar-refractivity contribution in [1.29, 1.82) is 0 Å². The van der Waals surface area contributed by atoms with Crippen LogP contribution in [0.1, 0.15) is 15.9 Å². The van der Waals surface area contributed by atoms with E-state index in [1.807, 2.05) is 54.4 Å². The maximum atomic E-state index is 12.9. The Morgan fingerprint density at radius 2 is 2.09 bits per heavy atom. The molecule has 23 heavy (non-hydrogen) atoms. The summed E-state index contributed by atoms with van der Waals surface area (Å²) in [5.41, 5.74) is 2.49. The molecule has 0 aromatic heterocycles. The molecule has 5 nitrogen and oxygen atoms in total. The van der Waals surface area contributed by atoms with E-state index in [2.05, 4.69) is 5.32 Å². The van der Waals surface area contributed by atoms with E-state index >= 15 is 0 Å². The third kappa shape index (κ3) is 3.08. The summed E-state index contributed by atoms with van der Waals surface area (Å²) in [5.74, 6) is 1.54. The molecule has 0 atom stereocenters. The Bertz CT molecular complexity index is 715. The fraction of sp³-hybridized carbons (Fsp3) is 0.278. The van der Waals surface area contributed by atoms with Crippen LogP contribution in [0, 0.1) is 0 Å². The Morgan fingerprint density at radius 1 is 1.26 bits per heavy atom. The molecule has 5 heteroatoms. The molecule has 0 saturated carbocycles. The SMILES string of the molecule is CNc1ccccc1C(=O)N1CCOc2cc(OC)ccc2C1. The summed E-state index contributed by atoms with van der Waals surface area (Å²) < 4.78 is 11.0. The number of hydrogen-bond donors (Lipinski definition) is 1. The minimum atomic E-state index is 0.00205. The van der Waals surface area contributed by atoms with Crippen molar-refractivity contribution in [3.8, 4) is 11.5 Å². The number of nitrogens with one attached hydrogen (secondary N) is 1. The molecule has 0 aliphatic carbocycles. The lowest BCUT2D eigenvalue weighted by Crippen LogP contribution is -2.32. The van der Waals surface area contributed by atoms with Crippen LogP contribution in [-0.2, 0) is 6.54 Å². The number of carbonyl (C=O) groups is 1. The fourth-order valence-corrected chi connectivity index (χ4v) is 2.71. The van der Waals surface area contributed by atoms with Crippen molar-refractivity contribution >= 4 is 11.6 Å². The molecule has 3 rings (SSSR count). The zero-order valence-electron chi connectivity index (χ0n) is 13.3. The molecule has 1 amide bonds. The predicted molar refractivity (Wildman–Crippen MR) is 89.2 cm³/mol. The van der Waals surface area contributed by atoms with Crippen LogP contribution in [0.3, 0.4) is 0 Å². The van der Waals surface area contributed by atoms with Gasteiger partial charge in [-0.3, -0.25) is 4.79 Å². The molecular weight excluding hydrogens is 292 g/mol. The van der Waals surface area contributed by atoms with Crippen molar-refractivity contribution in [2.45, 2.75) is 6.54 Å². The summed E-state index contributed by atoms with van der Waals surface area (Å²) >= 11 is 0. The second-order valence-corrected chi connectivity index (χ2v) is 5.34. The second-order valence-electron chi connectivity index (χ2n) is 5.34. The minimum Gasteiger partial charge on any atom is -0.497 e. The zero-order valence-corrected chi connectivity index (χ0v) is 13.3. The van der Waals surface area contributed by atoms with Crippen LogP contribution in [-0.4, -0.2) is 38.1 Å². The van der Waals surface area contributed by atoms with E-state index in [1.54, 1.807) is 7.11 Å². The second kappa shape index (κ2) is 6.60. The quantitative estimate of drug-likeness (QED) is 0.947. The molecular formula is C18H20N2O3. The predicted octanol–water partition coefficient (Wildman–Crippen LogP) is 2.77. The molecule has 0 saturated heterocycles. The van der Waals surface area contributed by atoms with Crippen molar-refractivity contribution in [1.82, 2.24) is 4.90 Å². The largest absolute Gasteiger partial charge is 0.497 e. The number of para-hydroxylation sites is 1. The van der Waals surface area contributed by atoms with Crippen molar-refractivity contribution in [3.63, 3.8) is 0 Å². The van der Waals surface area contributed by atoms with Gasteiger partial charge in [-0.25, -0.2) is 0 Å². The fourth-order valence-electron chi connectivity index (χ4n) is 2.71. The van der Waals surface area contributed by atoms with Crippen LogP contribution in [0.5, 0.6) is 11.5 Å². The summed E-state index contributed by atoms with van der Waals surface area (Å²) in [6.07, 6.45) is 0. The highest BCUT2D eigenvalue weighted by Gasteiger charge is 2.22. The monoisotopic (exact) mass is 312 g/mol. The molecule has 2 aromatic rings. The third-order valence-electron chi connectivity index (χ3n) is 3.97. The van der Waals surface area contributed by atoms with E-state index in [4.69, 9.17) is 9.47 Å². The van der Waals surface area contributed by atoms with E-state index in [-0.39, 0.29) is 5.91 Å². The summed E-state index contributed by atoms with van der Waals surface area (Å²) in [7, 11) is 3.45. The highest BCUT2D eigenvalue weighted by atomic mass is 16.5. The molecule has 0 fully saturated rings. The molecule has 1 N–H and O–H groups in total. The Balaban J connectivity index is 1.87. The highest BCUT2D eigenvalue weighted by molar-refractivity contribution is 5.99. The molecule has 0 unspecified atom stereocenters. The van der Waals surface area contributed by atoms with E-state index in [0.29, 0.717) is 25.3 Å². The van der Waals surface area contributed by atoms with Crippen LogP contribution < -0.4 is 14.8 Å². The Labute approximate surface area is 135 Å². The van der Waals surface area contributed by atoms with Gasteiger partial charge in [0.1, 0.15) is 18.1 Å². The number of amides is 1. The summed E-state index contributed by atoms with van der Waals surface area (Å²) in [5, 5.41) is 3.07. The first-order chi connectivity index (χ1) is 11.2. The van der Waals surface area contributed by atoms with Gasteiger partial charge in [-0.15, -0.1) is 0 Å². The van der Waals surface area contributed by atoms with E-state index in [1.165, 1.54) is 0 Å². The van der Waals surface area contributed by atoms with Crippen molar-refractivity contribution < 1.29 is 14.3 Å². The Kier molecular flexibility index (Phi) is 4.37. The van der Waals surface area contributed by atoms with Gasteiger partial charge in [-0.1, -0.05) is 12.1 Å². The van der Waals surface area contributed by atoms with Gasteiger partial charge >= 0.3 is 0 Å². The number of fused-ring (bicyclic) bond motifs is 1. The molecule has 0 bridgehead atoms. The smallest absolute Gasteiger partial charge is 0.256 e. The van der Waals surface area contributed by atoms with Gasteiger partial charge in [0.2, 0.25) is 0 Å². The first kappa shape index (κ1) is 15.2. The number of benzene rings is 2. The molecule has 0 spiro atoms. The average molecular weight is 312 g/mol. The normalized spacial score (nSPS) is 13.6. The van der Waals surface area contributed by atoms with Gasteiger partial charge in [0, 0.05) is 30.9 Å². The van der Waals surface area contributed by atoms with Crippen LogP contribution >= 0.6 is 0 Å². The average Bonchev–Trinajstić information content (AvgIpc) is 2.82. The van der Waals surface area contributed by atoms with E-state index < -0.39 is 0 Å². The first-order valence-electron chi connectivity index (χ1n) is 7.58. The number of anilines is 1. The van der Waals surface area contributed by atoms with Gasteiger partial charge < -0.3 is 19.7 Å². The lowest BCUT2D eigenvalue weighted by Gasteiger charge is -2.21. The van der Waals surface area contributed by atoms with Gasteiger partial charge in [0.25, 0.3) is 5.91 Å². The number of rotatable bonds is 3. The van der Waals surface area contributed by atoms with Crippen LogP contribution in [0.2, 0.25) is 0 Å². The van der Waals surface area contributed by atoms with Gasteiger partial charge in [0.05, 0.1) is 19.2 Å². The van der Waals surface area contributed by atoms with Gasteiger partial charge in [-0.05, 0) is 24.3 Å². The van der Waals surface area contributed by atoms with Crippen LogP contribution in [0.15, 0.2) is 42.5 Å². The Hall–Kier alpha value is -2.69. The van der Waals surface area contributed by atoms with E-state index in [9.17, 15) is 4.79 Å². The molecule has 0 radical (unpaired) electrons. The summed E-state index contributed by atoms with van der Waals surface area (Å²) in [4.78, 5) is 14.7. The summed E-state index contributed by atoms with van der Waals surface area (Å²) in [6, 6.07) is 13.2. The maximum absolute atomic E-state index is 12.9. The molecule has 1 aliphatic heterocycles. The maximum Gasteiger partial charge on any atom is 0.256 e. The molecule has 1 aliphatic rings. The molecule has 2 aromatic carbocycles. The van der Waals surface area contributed by atoms with Gasteiger partial charge in [0.15, 0.2) is 0 Å². The number of ether oxygens (including phenoxy) is 2. The van der Waals surface area contributed by atoms with Crippen LogP contribution in [0.4, 0.5) is 5.69 Å². The molecule has 1 heterocycles. The third-order valence-corrected chi connectivity index (χ3v) is 3.97. The zero-order chi connectivity index (χ0) is 16.2. The van der Waals surface area contributed by atoms with Gasteiger partial charge in [-0.2, -0.15) is 0 Å². The number of hydrogen-bond acceptors (Lipinski definition) is 4. The topological polar surface area (TPSA) is 50.8 Å². The molecule has 120 valence electrons. The lowest BCUT2D eigenvalue weighted by molar-refractivity contribution is 0.0734. The number of methoxy groups -OCH3 is 1. The standard InChI is InChI=1S/C18H20N2O3/c1-19-16-6-4-3-5-15(16)18(21)20-9-10-23-17-11-14(22-2)8-7-13(17)12-20/h3-8,11,19H,9-10,12H2,1-2H3. The first-order valence-corrected chi connectivity index (χ1v) is 7.58. The number of nitrogens with zero attached hydrogens (tertiary/aromatic N) is 1. The van der Waals surface area contributed by atoms with E-state index in [0.717, 1.165) is 22.7 Å². The summed E-state index contributed by atoms with van der Waals surface area (Å²) in [6.45, 7) is 1.54. The van der Waals surface area contributed by atoms with Crippen molar-refractivity contribution in [2.24, 2.45) is 0 Å². The van der Waals surface area contributed by atoms with Crippen LogP contribution in [0.25, 0.3) is 0 Å². The number of carbonyl (C=O) groups excluding carboxylic acids is 1. The van der Waals surface area contributed by atoms with Crippen molar-refractivity contribution in [2.75, 3.05) is 32.6 Å². The van der Waals surface area contributed by atoms with Crippen molar-refractivity contribution in [3.05, 3.63) is 53.6 Å². The highest BCUT2D eigenvalue weighted by Crippen LogP contribution is 2.29. The Morgan fingerprint density at radius 3 is 2.87 bits per heavy atom. The lowest BCUT2D eigenvalue weighted by atomic mass is 10.1.